The van der Waals surface area contributed by atoms with Crippen molar-refractivity contribution in [2.24, 2.45) is 11.1 Å². The molecule has 2 aliphatic rings. The normalized spacial score (nSPS) is 24.2. The molecule has 182 valence electrons. The minimum Gasteiger partial charge on any atom is -0.442 e. The number of thioether (sulfide) groups is 1. The Morgan fingerprint density at radius 1 is 1.26 bits per heavy atom. The predicted molar refractivity (Wildman–Crippen MR) is 124 cm³/mol. The number of benzene rings is 1. The molecule has 0 spiro atoms. The summed E-state index contributed by atoms with van der Waals surface area (Å²) >= 11 is 1.56. The molecule has 12 heteroatoms. The van der Waals surface area contributed by atoms with E-state index < -0.39 is 34.2 Å². The number of amides is 2. The van der Waals surface area contributed by atoms with Crippen LogP contribution in [-0.2, 0) is 25.9 Å². The Labute approximate surface area is 201 Å². The Hall–Kier alpha value is -2.99. The number of hydrogen-bond acceptors (Lipinski definition) is 9. The third kappa shape index (κ3) is 4.27. The monoisotopic (exact) mass is 487 g/mol. The molecular weight excluding hydrogens is 458 g/mol. The highest BCUT2D eigenvalue weighted by atomic mass is 32.2. The first kappa shape index (κ1) is 24.1. The maximum absolute atomic E-state index is 13.1. The highest BCUT2D eigenvalue weighted by Crippen LogP contribution is 2.56. The van der Waals surface area contributed by atoms with E-state index in [0.717, 1.165) is 0 Å². The van der Waals surface area contributed by atoms with Crippen molar-refractivity contribution in [1.29, 1.82) is 0 Å². The van der Waals surface area contributed by atoms with Crippen LogP contribution in [0.2, 0.25) is 0 Å². The number of aromatic nitrogens is 4. The van der Waals surface area contributed by atoms with Gasteiger partial charge in [0.1, 0.15) is 23.5 Å². The number of β-lactam (4-membered cyclic amide) rings is 1. The van der Waals surface area contributed by atoms with E-state index in [1.165, 1.54) is 4.68 Å². The van der Waals surface area contributed by atoms with Crippen molar-refractivity contribution in [3.8, 4) is 0 Å². The van der Waals surface area contributed by atoms with Gasteiger partial charge in [-0.2, -0.15) is 4.68 Å². The summed E-state index contributed by atoms with van der Waals surface area (Å²) in [5.74, 6) is -0.613. The number of esters is 1. The summed E-state index contributed by atoms with van der Waals surface area (Å²) in [6, 6.07) is 6.97. The molecule has 0 aliphatic carbocycles. The smallest absolute Gasteiger partial charge is 0.313 e. The summed E-state index contributed by atoms with van der Waals surface area (Å²) in [6.07, 6.45) is 0. The Morgan fingerprint density at radius 2 is 1.94 bits per heavy atom. The number of ether oxygens (including phenoxy) is 1. The minimum atomic E-state index is -0.872. The molecule has 4 atom stereocenters. The second kappa shape index (κ2) is 8.66. The molecule has 2 aromatic rings. The zero-order chi connectivity index (χ0) is 24.8. The summed E-state index contributed by atoms with van der Waals surface area (Å²) in [6.45, 7) is 9.09. The number of rotatable bonds is 6. The van der Waals surface area contributed by atoms with E-state index >= 15 is 0 Å². The Balaban J connectivity index is 1.48. The SMILES string of the molecule is CC(C)(C)C(=O)OCn1nnnc1C1N2C(=O)C(NC(=O)C(N)c3ccccc3)[C@H]2SC1(C)C. The van der Waals surface area contributed by atoms with Gasteiger partial charge in [-0.25, -0.2) is 0 Å². The molecule has 1 aromatic heterocycles. The molecule has 3 heterocycles. The van der Waals surface area contributed by atoms with Crippen molar-refractivity contribution in [2.45, 2.75) is 69.6 Å². The largest absolute Gasteiger partial charge is 0.442 e. The van der Waals surface area contributed by atoms with E-state index in [9.17, 15) is 14.4 Å². The van der Waals surface area contributed by atoms with Crippen LogP contribution < -0.4 is 11.1 Å². The number of carbonyl (C=O) groups is 3. The Kier molecular flexibility index (Phi) is 6.15. The summed E-state index contributed by atoms with van der Waals surface area (Å²) in [5, 5.41) is 14.4. The number of nitrogens with one attached hydrogen (secondary N) is 1. The van der Waals surface area contributed by atoms with Gasteiger partial charge >= 0.3 is 5.97 Å². The van der Waals surface area contributed by atoms with Crippen LogP contribution in [0.1, 0.15) is 58.1 Å². The fraction of sp³-hybridized carbons (Fsp3) is 0.545. The van der Waals surface area contributed by atoms with E-state index in [1.54, 1.807) is 49.6 Å². The summed E-state index contributed by atoms with van der Waals surface area (Å²) < 4.78 is 6.30. The van der Waals surface area contributed by atoms with Crippen molar-refractivity contribution in [3.63, 3.8) is 0 Å². The fourth-order valence-electron chi connectivity index (χ4n) is 4.05. The lowest BCUT2D eigenvalue weighted by Gasteiger charge is -2.44. The molecule has 2 amide bonds. The van der Waals surface area contributed by atoms with E-state index in [2.05, 4.69) is 20.8 Å². The molecule has 2 aliphatic heterocycles. The topological polar surface area (TPSA) is 145 Å². The van der Waals surface area contributed by atoms with Crippen LogP contribution in [0.3, 0.4) is 0 Å². The Bertz CT molecular complexity index is 1100. The number of tetrazole rings is 1. The van der Waals surface area contributed by atoms with E-state index in [-0.39, 0.29) is 24.0 Å². The predicted octanol–water partition coefficient (Wildman–Crippen LogP) is 1.14. The third-order valence-electron chi connectivity index (χ3n) is 5.91. The van der Waals surface area contributed by atoms with Gasteiger partial charge < -0.3 is 20.7 Å². The van der Waals surface area contributed by atoms with Gasteiger partial charge in [-0.1, -0.05) is 30.3 Å². The standard InChI is InChI=1S/C22H29N7O4S/c1-21(2,3)20(32)33-11-28-16(25-26-27-28)15-22(4,5)34-19-14(18(31)29(15)19)24-17(30)13(23)12-9-7-6-8-10-12/h6-10,13-15,19H,11,23H2,1-5H3,(H,24,30)/t13?,14?,15?,19-/m1/s1. The van der Waals surface area contributed by atoms with Gasteiger partial charge in [0.2, 0.25) is 11.8 Å². The number of nitrogens with two attached hydrogens (primary N) is 1. The van der Waals surface area contributed by atoms with Crippen LogP contribution in [0, 0.1) is 5.41 Å². The first-order chi connectivity index (χ1) is 15.9. The lowest BCUT2D eigenvalue weighted by atomic mass is 9.95. The van der Waals surface area contributed by atoms with Crippen LogP contribution in [0.15, 0.2) is 30.3 Å². The average Bonchev–Trinajstić information content (AvgIpc) is 3.34. The zero-order valence-electron chi connectivity index (χ0n) is 19.8. The molecule has 0 bridgehead atoms. The van der Waals surface area contributed by atoms with E-state index in [4.69, 9.17) is 10.5 Å². The minimum absolute atomic E-state index is 0.158. The molecule has 34 heavy (non-hydrogen) atoms. The van der Waals surface area contributed by atoms with Gasteiger partial charge in [0.15, 0.2) is 12.6 Å². The lowest BCUT2D eigenvalue weighted by Crippen LogP contribution is -2.68. The van der Waals surface area contributed by atoms with E-state index in [0.29, 0.717) is 11.4 Å². The highest BCUT2D eigenvalue weighted by Gasteiger charge is 2.63. The van der Waals surface area contributed by atoms with Crippen LogP contribution in [-0.4, -0.2) is 59.1 Å². The molecule has 4 rings (SSSR count). The van der Waals surface area contributed by atoms with Crippen molar-refractivity contribution < 1.29 is 19.1 Å². The van der Waals surface area contributed by atoms with Crippen LogP contribution in [0.5, 0.6) is 0 Å². The van der Waals surface area contributed by atoms with Gasteiger partial charge in [-0.15, -0.1) is 16.9 Å². The molecule has 1 aromatic carbocycles. The molecular formula is C22H29N7O4S. The van der Waals surface area contributed by atoms with Gasteiger partial charge in [0, 0.05) is 4.75 Å². The maximum Gasteiger partial charge on any atom is 0.313 e. The van der Waals surface area contributed by atoms with Crippen molar-refractivity contribution in [2.75, 3.05) is 0 Å². The molecule has 0 saturated carbocycles. The fourth-order valence-corrected chi connectivity index (χ4v) is 5.68. The molecule has 2 saturated heterocycles. The van der Waals surface area contributed by atoms with E-state index in [1.807, 2.05) is 32.0 Å². The highest BCUT2D eigenvalue weighted by molar-refractivity contribution is 8.01. The third-order valence-corrected chi connectivity index (χ3v) is 7.49. The zero-order valence-corrected chi connectivity index (χ0v) is 20.6. The summed E-state index contributed by atoms with van der Waals surface area (Å²) in [4.78, 5) is 39.7. The van der Waals surface area contributed by atoms with Gasteiger partial charge in [-0.05, 0) is 50.6 Å². The quantitative estimate of drug-likeness (QED) is 0.452. The number of nitrogens with zero attached hydrogens (tertiary/aromatic N) is 5. The molecule has 2 fully saturated rings. The molecule has 3 N–H and O–H groups in total. The number of carbonyl (C=O) groups excluding carboxylic acids is 3. The summed E-state index contributed by atoms with van der Waals surface area (Å²) in [7, 11) is 0. The Morgan fingerprint density at radius 3 is 2.59 bits per heavy atom. The molecule has 3 unspecified atom stereocenters. The van der Waals surface area contributed by atoms with Crippen molar-refractivity contribution >= 4 is 29.5 Å². The summed E-state index contributed by atoms with van der Waals surface area (Å²) in [5.41, 5.74) is 6.10. The first-order valence-corrected chi connectivity index (χ1v) is 11.8. The second-order valence-electron chi connectivity index (χ2n) is 9.98. The first-order valence-electron chi connectivity index (χ1n) is 11.0. The number of hydrogen-bond donors (Lipinski definition) is 2. The van der Waals surface area contributed by atoms with Crippen LogP contribution in [0.25, 0.3) is 0 Å². The second-order valence-corrected chi connectivity index (χ2v) is 11.8. The van der Waals surface area contributed by atoms with Gasteiger partial charge in [-0.3, -0.25) is 14.4 Å². The van der Waals surface area contributed by atoms with Gasteiger partial charge in [0.25, 0.3) is 0 Å². The molecule has 11 nitrogen and oxygen atoms in total. The lowest BCUT2D eigenvalue weighted by molar-refractivity contribution is -0.158. The van der Waals surface area contributed by atoms with Crippen molar-refractivity contribution in [3.05, 3.63) is 41.7 Å². The average molecular weight is 488 g/mol. The maximum atomic E-state index is 13.1. The van der Waals surface area contributed by atoms with Crippen molar-refractivity contribution in [1.82, 2.24) is 30.4 Å². The van der Waals surface area contributed by atoms with Crippen LogP contribution >= 0.6 is 11.8 Å². The van der Waals surface area contributed by atoms with Gasteiger partial charge in [0.05, 0.1) is 5.41 Å². The molecule has 0 radical (unpaired) electrons. The number of fused-ring (bicyclic) bond motifs is 1. The van der Waals surface area contributed by atoms with Crippen LogP contribution in [0.4, 0.5) is 0 Å².